The third-order valence-electron chi connectivity index (χ3n) is 4.80. The first-order chi connectivity index (χ1) is 12.9. The first kappa shape index (κ1) is 19.9. The van der Waals surface area contributed by atoms with Crippen LogP contribution in [-0.4, -0.2) is 31.7 Å². The van der Waals surface area contributed by atoms with Crippen molar-refractivity contribution in [2.24, 2.45) is 0 Å². The van der Waals surface area contributed by atoms with Gasteiger partial charge in [0.25, 0.3) is 5.91 Å². The van der Waals surface area contributed by atoms with Gasteiger partial charge in [0.05, 0.1) is 21.5 Å². The highest BCUT2D eigenvalue weighted by Crippen LogP contribution is 2.26. The van der Waals surface area contributed by atoms with Gasteiger partial charge < -0.3 is 5.32 Å². The molecule has 1 heterocycles. The Hall–Kier alpha value is -1.89. The number of hydrogen-bond acceptors (Lipinski definition) is 3. The van der Waals surface area contributed by atoms with Gasteiger partial charge in [0.15, 0.2) is 0 Å². The van der Waals surface area contributed by atoms with Crippen LogP contribution in [0.1, 0.15) is 48.1 Å². The Morgan fingerprint density at radius 1 is 1.15 bits per heavy atom. The zero-order valence-electron chi connectivity index (χ0n) is 15.2. The summed E-state index contributed by atoms with van der Waals surface area (Å²) < 4.78 is 27.0. The van der Waals surface area contributed by atoms with Crippen molar-refractivity contribution < 1.29 is 13.2 Å². The van der Waals surface area contributed by atoms with Crippen molar-refractivity contribution in [3.05, 3.63) is 64.7 Å². The molecule has 7 heteroatoms. The van der Waals surface area contributed by atoms with Crippen molar-refractivity contribution in [1.82, 2.24) is 9.62 Å². The van der Waals surface area contributed by atoms with Crippen LogP contribution >= 0.6 is 11.6 Å². The molecule has 0 radical (unpaired) electrons. The van der Waals surface area contributed by atoms with E-state index in [4.69, 9.17) is 11.6 Å². The van der Waals surface area contributed by atoms with Crippen molar-refractivity contribution >= 4 is 27.5 Å². The number of rotatable bonds is 6. The van der Waals surface area contributed by atoms with Gasteiger partial charge in [-0.25, -0.2) is 8.42 Å². The van der Waals surface area contributed by atoms with Gasteiger partial charge in [-0.2, -0.15) is 4.31 Å². The van der Waals surface area contributed by atoms with Gasteiger partial charge in [-0.15, -0.1) is 0 Å². The Balaban J connectivity index is 1.86. The van der Waals surface area contributed by atoms with E-state index in [1.165, 1.54) is 22.5 Å². The molecule has 0 unspecified atom stereocenters. The van der Waals surface area contributed by atoms with Crippen molar-refractivity contribution in [1.29, 1.82) is 0 Å². The summed E-state index contributed by atoms with van der Waals surface area (Å²) in [5.41, 5.74) is 1.16. The molecule has 144 valence electrons. The van der Waals surface area contributed by atoms with Crippen molar-refractivity contribution in [2.45, 2.75) is 37.1 Å². The topological polar surface area (TPSA) is 66.5 Å². The fourth-order valence-corrected chi connectivity index (χ4v) is 5.01. The van der Waals surface area contributed by atoms with Gasteiger partial charge in [-0.3, -0.25) is 4.79 Å². The molecule has 0 aromatic heterocycles. The quantitative estimate of drug-likeness (QED) is 0.788. The molecule has 0 aliphatic carbocycles. The second-order valence-corrected chi connectivity index (χ2v) is 8.94. The fraction of sp³-hybridized carbons (Fsp3) is 0.350. The molecule has 1 fully saturated rings. The lowest BCUT2D eigenvalue weighted by molar-refractivity contribution is 0.0935. The summed E-state index contributed by atoms with van der Waals surface area (Å²) in [5.74, 6) is -0.380. The zero-order valence-corrected chi connectivity index (χ0v) is 16.8. The van der Waals surface area contributed by atoms with Crippen LogP contribution in [0.3, 0.4) is 0 Å². The van der Waals surface area contributed by atoms with Gasteiger partial charge >= 0.3 is 0 Å². The largest absolute Gasteiger partial charge is 0.345 e. The summed E-state index contributed by atoms with van der Waals surface area (Å²) in [7, 11) is -3.60. The second kappa shape index (κ2) is 8.42. The highest BCUT2D eigenvalue weighted by Gasteiger charge is 2.28. The van der Waals surface area contributed by atoms with E-state index >= 15 is 0 Å². The number of carbonyl (C=O) groups is 1. The van der Waals surface area contributed by atoms with Crippen LogP contribution in [0.4, 0.5) is 0 Å². The Labute approximate surface area is 165 Å². The smallest absolute Gasteiger partial charge is 0.253 e. The number of halogens is 1. The fourth-order valence-electron chi connectivity index (χ4n) is 3.26. The minimum Gasteiger partial charge on any atom is -0.345 e. The van der Waals surface area contributed by atoms with E-state index in [0.717, 1.165) is 18.4 Å². The van der Waals surface area contributed by atoms with Gasteiger partial charge in [0.1, 0.15) is 0 Å². The number of hydrogen-bond donors (Lipinski definition) is 1. The van der Waals surface area contributed by atoms with E-state index in [9.17, 15) is 13.2 Å². The minimum atomic E-state index is -3.60. The van der Waals surface area contributed by atoms with Gasteiger partial charge in [-0.05, 0) is 43.0 Å². The molecule has 1 aliphatic rings. The predicted octanol–water partition coefficient (Wildman–Crippen LogP) is 4.01. The lowest BCUT2D eigenvalue weighted by atomic mass is 10.0. The van der Waals surface area contributed by atoms with Crippen LogP contribution in [0.5, 0.6) is 0 Å². The average molecular weight is 407 g/mol. The molecule has 1 atom stereocenters. The maximum atomic E-state index is 12.8. The van der Waals surface area contributed by atoms with E-state index in [1.807, 2.05) is 37.3 Å². The monoisotopic (exact) mass is 406 g/mol. The number of amides is 1. The molecule has 0 saturated carbocycles. The van der Waals surface area contributed by atoms with Crippen molar-refractivity contribution in [3.8, 4) is 0 Å². The molecule has 1 aliphatic heterocycles. The Kier molecular flexibility index (Phi) is 6.19. The maximum Gasteiger partial charge on any atom is 0.253 e. The average Bonchev–Trinajstić information content (AvgIpc) is 3.22. The summed E-state index contributed by atoms with van der Waals surface area (Å²) >= 11 is 6.20. The normalized spacial score (nSPS) is 16.2. The van der Waals surface area contributed by atoms with Crippen LogP contribution in [0.25, 0.3) is 0 Å². The predicted molar refractivity (Wildman–Crippen MR) is 106 cm³/mol. The van der Waals surface area contributed by atoms with Crippen molar-refractivity contribution in [3.63, 3.8) is 0 Å². The molecule has 0 bridgehead atoms. The SMILES string of the molecule is CC[C@H](NC(=O)c1cc(S(=O)(=O)N2CCCC2)ccc1Cl)c1ccccc1. The third kappa shape index (κ3) is 4.34. The lowest BCUT2D eigenvalue weighted by Crippen LogP contribution is -2.30. The van der Waals surface area contributed by atoms with E-state index in [2.05, 4.69) is 5.32 Å². The summed E-state index contributed by atoms with van der Waals surface area (Å²) in [6.07, 6.45) is 2.42. The summed E-state index contributed by atoms with van der Waals surface area (Å²) in [4.78, 5) is 12.9. The van der Waals surface area contributed by atoms with Crippen LogP contribution in [0.2, 0.25) is 5.02 Å². The lowest BCUT2D eigenvalue weighted by Gasteiger charge is -2.19. The highest BCUT2D eigenvalue weighted by atomic mass is 35.5. The Morgan fingerprint density at radius 3 is 2.44 bits per heavy atom. The first-order valence-electron chi connectivity index (χ1n) is 9.09. The van der Waals surface area contributed by atoms with E-state index < -0.39 is 10.0 Å². The highest BCUT2D eigenvalue weighted by molar-refractivity contribution is 7.89. The molecule has 27 heavy (non-hydrogen) atoms. The zero-order chi connectivity index (χ0) is 19.4. The summed E-state index contributed by atoms with van der Waals surface area (Å²) in [6, 6.07) is 13.8. The van der Waals surface area contributed by atoms with Crippen LogP contribution in [0.15, 0.2) is 53.4 Å². The number of benzene rings is 2. The molecular weight excluding hydrogens is 384 g/mol. The third-order valence-corrected chi connectivity index (χ3v) is 7.02. The van der Waals surface area contributed by atoms with E-state index in [-0.39, 0.29) is 27.4 Å². The van der Waals surface area contributed by atoms with Gasteiger partial charge in [0.2, 0.25) is 10.0 Å². The number of sulfonamides is 1. The molecule has 5 nitrogen and oxygen atoms in total. The molecule has 2 aromatic carbocycles. The standard InChI is InChI=1S/C20H23ClN2O3S/c1-2-19(15-8-4-3-5-9-15)22-20(24)17-14-16(10-11-18(17)21)27(25,26)23-12-6-7-13-23/h3-5,8-11,14,19H,2,6-7,12-13H2,1H3,(H,22,24)/t19-/m0/s1. The Morgan fingerprint density at radius 2 is 1.81 bits per heavy atom. The molecule has 3 rings (SSSR count). The van der Waals surface area contributed by atoms with Crippen LogP contribution in [-0.2, 0) is 10.0 Å². The number of nitrogens with zero attached hydrogens (tertiary/aromatic N) is 1. The second-order valence-electron chi connectivity index (χ2n) is 6.60. The first-order valence-corrected chi connectivity index (χ1v) is 10.9. The van der Waals surface area contributed by atoms with Crippen molar-refractivity contribution in [2.75, 3.05) is 13.1 Å². The van der Waals surface area contributed by atoms with Gasteiger partial charge in [-0.1, -0.05) is 48.9 Å². The van der Waals surface area contributed by atoms with Crippen LogP contribution < -0.4 is 5.32 Å². The van der Waals surface area contributed by atoms with E-state index in [0.29, 0.717) is 19.5 Å². The summed E-state index contributed by atoms with van der Waals surface area (Å²) in [5, 5.41) is 3.19. The van der Waals surface area contributed by atoms with E-state index in [1.54, 1.807) is 0 Å². The maximum absolute atomic E-state index is 12.8. The summed E-state index contributed by atoms with van der Waals surface area (Å²) in [6.45, 7) is 3.00. The molecule has 1 amide bonds. The number of carbonyl (C=O) groups excluding carboxylic acids is 1. The Bertz CT molecular complexity index is 910. The molecule has 1 N–H and O–H groups in total. The van der Waals surface area contributed by atoms with Crippen LogP contribution in [0, 0.1) is 0 Å². The number of nitrogens with one attached hydrogen (secondary N) is 1. The molecular formula is C20H23ClN2O3S. The van der Waals surface area contributed by atoms with Gasteiger partial charge in [0, 0.05) is 13.1 Å². The minimum absolute atomic E-state index is 0.103. The molecule has 0 spiro atoms. The molecule has 2 aromatic rings. The molecule has 1 saturated heterocycles.